The average molecular weight is 343 g/mol. The van der Waals surface area contributed by atoms with Crippen molar-refractivity contribution < 1.29 is 4.79 Å². The SMILES string of the molecule is C=C(/C=C\S)c1ccc(NC(=O)CC2CN3CCCC2CC3)cc1. The van der Waals surface area contributed by atoms with Crippen molar-refractivity contribution in [3.05, 3.63) is 47.9 Å². The smallest absolute Gasteiger partial charge is 0.224 e. The molecular weight excluding hydrogens is 316 g/mol. The van der Waals surface area contributed by atoms with Gasteiger partial charge in [0, 0.05) is 18.7 Å². The molecule has 3 fully saturated rings. The summed E-state index contributed by atoms with van der Waals surface area (Å²) in [5.41, 5.74) is 2.80. The van der Waals surface area contributed by atoms with E-state index in [9.17, 15) is 4.79 Å². The molecule has 3 saturated heterocycles. The van der Waals surface area contributed by atoms with Crippen LogP contribution in [0.15, 0.2) is 42.3 Å². The van der Waals surface area contributed by atoms with Gasteiger partial charge < -0.3 is 10.2 Å². The first-order chi connectivity index (χ1) is 11.7. The first-order valence-electron chi connectivity index (χ1n) is 8.78. The average Bonchev–Trinajstić information content (AvgIpc) is 2.91. The Morgan fingerprint density at radius 3 is 2.83 bits per heavy atom. The predicted molar refractivity (Wildman–Crippen MR) is 104 cm³/mol. The molecule has 0 saturated carbocycles. The van der Waals surface area contributed by atoms with Crippen LogP contribution in [0.2, 0.25) is 0 Å². The molecule has 0 aliphatic carbocycles. The number of carbonyl (C=O) groups excluding carboxylic acids is 1. The van der Waals surface area contributed by atoms with Crippen LogP contribution in [0.4, 0.5) is 5.69 Å². The number of fused-ring (bicyclic) bond motifs is 4. The van der Waals surface area contributed by atoms with Crippen molar-refractivity contribution in [3.8, 4) is 0 Å². The maximum Gasteiger partial charge on any atom is 0.224 e. The van der Waals surface area contributed by atoms with Crippen LogP contribution in [0.25, 0.3) is 5.57 Å². The number of hydrogen-bond donors (Lipinski definition) is 2. The highest BCUT2D eigenvalue weighted by Gasteiger charge is 2.32. The second-order valence-electron chi connectivity index (χ2n) is 6.92. The number of nitrogens with one attached hydrogen (secondary N) is 1. The molecule has 1 N–H and O–H groups in total. The van der Waals surface area contributed by atoms with Crippen molar-refractivity contribution in [2.45, 2.75) is 25.7 Å². The van der Waals surface area contributed by atoms with Crippen molar-refractivity contribution in [1.82, 2.24) is 4.90 Å². The molecule has 3 atom stereocenters. The zero-order chi connectivity index (χ0) is 16.9. The lowest BCUT2D eigenvalue weighted by molar-refractivity contribution is -0.117. The third kappa shape index (κ3) is 4.31. The molecule has 3 heterocycles. The van der Waals surface area contributed by atoms with Gasteiger partial charge in [-0.2, -0.15) is 12.6 Å². The molecule has 1 amide bonds. The van der Waals surface area contributed by atoms with E-state index in [0.29, 0.717) is 12.3 Å². The minimum absolute atomic E-state index is 0.135. The van der Waals surface area contributed by atoms with Gasteiger partial charge >= 0.3 is 0 Å². The molecule has 128 valence electrons. The van der Waals surface area contributed by atoms with E-state index < -0.39 is 0 Å². The molecule has 24 heavy (non-hydrogen) atoms. The van der Waals surface area contributed by atoms with Gasteiger partial charge in [0.15, 0.2) is 0 Å². The summed E-state index contributed by atoms with van der Waals surface area (Å²) in [5.74, 6) is 1.38. The Morgan fingerprint density at radius 2 is 2.08 bits per heavy atom. The van der Waals surface area contributed by atoms with Gasteiger partial charge in [0.2, 0.25) is 5.91 Å². The van der Waals surface area contributed by atoms with Gasteiger partial charge in [0.1, 0.15) is 0 Å². The first kappa shape index (κ1) is 17.3. The van der Waals surface area contributed by atoms with Crippen molar-refractivity contribution >= 4 is 29.8 Å². The van der Waals surface area contributed by atoms with Crippen LogP contribution in [0.5, 0.6) is 0 Å². The number of hydrogen-bond acceptors (Lipinski definition) is 3. The number of allylic oxidation sites excluding steroid dienone is 2. The number of rotatable bonds is 5. The summed E-state index contributed by atoms with van der Waals surface area (Å²) >= 11 is 4.06. The minimum Gasteiger partial charge on any atom is -0.326 e. The Labute approximate surface area is 150 Å². The van der Waals surface area contributed by atoms with Gasteiger partial charge in [-0.1, -0.05) is 18.7 Å². The van der Waals surface area contributed by atoms with Crippen LogP contribution in [-0.4, -0.2) is 30.4 Å². The Morgan fingerprint density at radius 1 is 1.29 bits per heavy atom. The summed E-state index contributed by atoms with van der Waals surface area (Å²) in [4.78, 5) is 14.9. The molecule has 0 aromatic heterocycles. The standard InChI is InChI=1S/C20H26N2OS/c1-15(9-12-24)16-4-6-19(7-5-16)21-20(23)13-18-14-22-10-2-3-17(18)8-11-22/h4-7,9,12,17-18,24H,1-3,8,10-11,13-14H2,(H,21,23)/b12-9-. The molecule has 2 bridgehead atoms. The Balaban J connectivity index is 1.56. The summed E-state index contributed by atoms with van der Waals surface area (Å²) in [7, 11) is 0. The van der Waals surface area contributed by atoms with Crippen LogP contribution in [-0.2, 0) is 4.79 Å². The van der Waals surface area contributed by atoms with E-state index in [1.165, 1.54) is 32.4 Å². The molecule has 4 heteroatoms. The number of anilines is 1. The third-order valence-corrected chi connectivity index (χ3v) is 5.44. The fourth-order valence-corrected chi connectivity index (χ4v) is 4.13. The second-order valence-corrected chi connectivity index (χ2v) is 7.22. The third-order valence-electron chi connectivity index (χ3n) is 5.29. The second kappa shape index (κ2) is 8.04. The lowest BCUT2D eigenvalue weighted by atomic mass is 9.82. The van der Waals surface area contributed by atoms with Crippen LogP contribution < -0.4 is 5.32 Å². The van der Waals surface area contributed by atoms with Crippen LogP contribution in [0, 0.1) is 11.8 Å². The summed E-state index contributed by atoms with van der Waals surface area (Å²) in [6.45, 7) is 7.50. The largest absolute Gasteiger partial charge is 0.326 e. The summed E-state index contributed by atoms with van der Waals surface area (Å²) in [6.07, 6.45) is 6.32. The number of amides is 1. The van der Waals surface area contributed by atoms with E-state index in [2.05, 4.69) is 29.4 Å². The molecule has 3 aliphatic rings. The van der Waals surface area contributed by atoms with Gasteiger partial charge in [-0.15, -0.1) is 0 Å². The van der Waals surface area contributed by atoms with E-state index in [4.69, 9.17) is 0 Å². The lowest BCUT2D eigenvalue weighted by Crippen LogP contribution is -2.39. The number of piperidine rings is 1. The monoisotopic (exact) mass is 342 g/mol. The number of nitrogens with zero attached hydrogens (tertiary/aromatic N) is 1. The van der Waals surface area contributed by atoms with E-state index in [1.807, 2.05) is 30.3 Å². The highest BCUT2D eigenvalue weighted by atomic mass is 32.1. The number of benzene rings is 1. The van der Waals surface area contributed by atoms with Crippen molar-refractivity contribution in [2.24, 2.45) is 11.8 Å². The van der Waals surface area contributed by atoms with Gasteiger partial charge in [-0.05, 0) is 78.9 Å². The van der Waals surface area contributed by atoms with E-state index >= 15 is 0 Å². The number of thiol groups is 1. The molecule has 3 unspecified atom stereocenters. The van der Waals surface area contributed by atoms with Gasteiger partial charge in [-0.25, -0.2) is 0 Å². The minimum atomic E-state index is 0.135. The normalized spacial score (nSPS) is 26.3. The van der Waals surface area contributed by atoms with Crippen molar-refractivity contribution in [2.75, 3.05) is 25.0 Å². The van der Waals surface area contributed by atoms with E-state index in [-0.39, 0.29) is 5.91 Å². The highest BCUT2D eigenvalue weighted by Crippen LogP contribution is 2.33. The summed E-state index contributed by atoms with van der Waals surface area (Å²) in [5, 5.41) is 4.72. The van der Waals surface area contributed by atoms with Crippen molar-refractivity contribution in [3.63, 3.8) is 0 Å². The summed E-state index contributed by atoms with van der Waals surface area (Å²) in [6, 6.07) is 7.83. The molecule has 1 aromatic rings. The number of carbonyl (C=O) groups is 1. The predicted octanol–water partition coefficient (Wildman–Crippen LogP) is 4.20. The molecule has 1 aromatic carbocycles. The maximum absolute atomic E-state index is 12.4. The Hall–Kier alpha value is -1.52. The molecule has 3 aliphatic heterocycles. The fraction of sp³-hybridized carbons (Fsp3) is 0.450. The zero-order valence-corrected chi connectivity index (χ0v) is 15.0. The van der Waals surface area contributed by atoms with Crippen molar-refractivity contribution in [1.29, 1.82) is 0 Å². The summed E-state index contributed by atoms with van der Waals surface area (Å²) < 4.78 is 0. The molecule has 3 nitrogen and oxygen atoms in total. The molecule has 0 radical (unpaired) electrons. The molecular formula is C20H26N2OS. The fourth-order valence-electron chi connectivity index (χ4n) is 3.95. The topological polar surface area (TPSA) is 32.3 Å². The molecule has 4 rings (SSSR count). The van der Waals surface area contributed by atoms with Gasteiger partial charge in [-0.3, -0.25) is 4.79 Å². The molecule has 0 spiro atoms. The van der Waals surface area contributed by atoms with Gasteiger partial charge in [0.25, 0.3) is 0 Å². The quantitative estimate of drug-likeness (QED) is 0.621. The van der Waals surface area contributed by atoms with Gasteiger partial charge in [0.05, 0.1) is 0 Å². The Kier molecular flexibility index (Phi) is 5.80. The van der Waals surface area contributed by atoms with E-state index in [1.54, 1.807) is 5.41 Å². The Bertz CT molecular complexity index is 619. The van der Waals surface area contributed by atoms with Crippen LogP contribution in [0.3, 0.4) is 0 Å². The van der Waals surface area contributed by atoms with E-state index in [0.717, 1.165) is 29.3 Å². The lowest BCUT2D eigenvalue weighted by Gasteiger charge is -2.34. The highest BCUT2D eigenvalue weighted by molar-refractivity contribution is 7.83. The van der Waals surface area contributed by atoms with Crippen LogP contribution in [0.1, 0.15) is 31.2 Å². The first-order valence-corrected chi connectivity index (χ1v) is 9.29. The maximum atomic E-state index is 12.4. The van der Waals surface area contributed by atoms with Crippen LogP contribution >= 0.6 is 12.6 Å². The zero-order valence-electron chi connectivity index (χ0n) is 14.1.